The van der Waals surface area contributed by atoms with Crippen LogP contribution >= 0.6 is 27.7 Å². The summed E-state index contributed by atoms with van der Waals surface area (Å²) in [4.78, 5) is 12.0. The first-order chi connectivity index (χ1) is 9.65. The summed E-state index contributed by atoms with van der Waals surface area (Å²) < 4.78 is 1.76. The van der Waals surface area contributed by atoms with Gasteiger partial charge in [-0.05, 0) is 41.4 Å². The van der Waals surface area contributed by atoms with Crippen molar-refractivity contribution in [3.8, 4) is 0 Å². The van der Waals surface area contributed by atoms with Gasteiger partial charge in [0.2, 0.25) is 0 Å². The maximum Gasteiger partial charge on any atom is 0.283 e. The molecule has 0 aromatic carbocycles. The number of aromatic nitrogens is 2. The number of thioether (sulfide) groups is 1. The molecule has 1 aromatic heterocycles. The fourth-order valence-corrected chi connectivity index (χ4v) is 3.78. The van der Waals surface area contributed by atoms with Gasteiger partial charge in [0.05, 0.1) is 25.0 Å². The maximum absolute atomic E-state index is 12.0. The zero-order valence-corrected chi connectivity index (χ0v) is 13.9. The highest BCUT2D eigenvalue weighted by Crippen LogP contribution is 2.29. The van der Waals surface area contributed by atoms with Crippen molar-refractivity contribution in [2.45, 2.75) is 43.5 Å². The van der Waals surface area contributed by atoms with Crippen molar-refractivity contribution >= 4 is 33.4 Å². The molecule has 0 saturated heterocycles. The van der Waals surface area contributed by atoms with E-state index in [1.165, 1.54) is 17.5 Å². The lowest BCUT2D eigenvalue weighted by Gasteiger charge is -2.29. The van der Waals surface area contributed by atoms with Gasteiger partial charge < -0.3 is 10.4 Å². The normalized spacial score (nSPS) is 22.8. The van der Waals surface area contributed by atoms with E-state index in [1.807, 2.05) is 11.8 Å². The molecule has 7 heteroatoms. The lowest BCUT2D eigenvalue weighted by molar-refractivity contribution is 0.266. The molecule has 0 spiro atoms. The van der Waals surface area contributed by atoms with Crippen molar-refractivity contribution in [3.05, 3.63) is 21.0 Å². The molecule has 2 unspecified atom stereocenters. The van der Waals surface area contributed by atoms with Gasteiger partial charge in [0.1, 0.15) is 4.47 Å². The highest BCUT2D eigenvalue weighted by atomic mass is 79.9. The van der Waals surface area contributed by atoms with E-state index in [1.54, 1.807) is 6.20 Å². The first kappa shape index (κ1) is 15.9. The van der Waals surface area contributed by atoms with E-state index in [4.69, 9.17) is 5.11 Å². The number of aliphatic hydroxyl groups is 1. The zero-order valence-electron chi connectivity index (χ0n) is 11.5. The van der Waals surface area contributed by atoms with Crippen molar-refractivity contribution < 1.29 is 5.11 Å². The van der Waals surface area contributed by atoms with Gasteiger partial charge in [-0.2, -0.15) is 16.9 Å². The molecule has 0 radical (unpaired) electrons. The smallest absolute Gasteiger partial charge is 0.283 e. The van der Waals surface area contributed by atoms with Gasteiger partial charge in [-0.25, -0.2) is 4.68 Å². The molecule has 2 rings (SSSR count). The van der Waals surface area contributed by atoms with Crippen LogP contribution in [0.5, 0.6) is 0 Å². The number of aliphatic hydroxyl groups excluding tert-OH is 1. The van der Waals surface area contributed by atoms with Gasteiger partial charge in [0, 0.05) is 11.3 Å². The number of nitrogens with zero attached hydrogens (tertiary/aromatic N) is 2. The van der Waals surface area contributed by atoms with Crippen molar-refractivity contribution in [2.75, 3.05) is 18.2 Å². The summed E-state index contributed by atoms with van der Waals surface area (Å²) in [5, 5.41) is 17.1. The number of rotatable bonds is 5. The second kappa shape index (κ2) is 7.47. The van der Waals surface area contributed by atoms with Crippen LogP contribution in [0.2, 0.25) is 0 Å². The molecular formula is C13H20BrN3O2S. The summed E-state index contributed by atoms with van der Waals surface area (Å²) in [6.45, 7) is 0.125. The molecule has 20 heavy (non-hydrogen) atoms. The quantitative estimate of drug-likeness (QED) is 0.840. The van der Waals surface area contributed by atoms with Crippen LogP contribution in [0.4, 0.5) is 5.69 Å². The van der Waals surface area contributed by atoms with Gasteiger partial charge in [0.15, 0.2) is 0 Å². The van der Waals surface area contributed by atoms with E-state index in [0.717, 1.165) is 18.5 Å². The number of anilines is 1. The molecular weight excluding hydrogens is 342 g/mol. The Morgan fingerprint density at radius 2 is 2.40 bits per heavy atom. The SMILES string of the molecule is CSC1CCCC(Nc2cnn(CCO)c(=O)c2Br)C1. The van der Waals surface area contributed by atoms with Crippen molar-refractivity contribution in [3.63, 3.8) is 0 Å². The average molecular weight is 362 g/mol. The number of halogens is 1. The lowest BCUT2D eigenvalue weighted by Crippen LogP contribution is -2.31. The summed E-state index contributed by atoms with van der Waals surface area (Å²) in [7, 11) is 0. The second-order valence-electron chi connectivity index (χ2n) is 4.99. The first-order valence-corrected chi connectivity index (χ1v) is 8.89. The number of nitrogens with one attached hydrogen (secondary N) is 1. The molecule has 1 fully saturated rings. The van der Waals surface area contributed by atoms with E-state index < -0.39 is 0 Å². The Bertz CT molecular complexity index is 509. The summed E-state index contributed by atoms with van der Waals surface area (Å²) in [5.74, 6) is 0. The molecule has 5 nitrogen and oxygen atoms in total. The van der Waals surface area contributed by atoms with Gasteiger partial charge >= 0.3 is 0 Å². The van der Waals surface area contributed by atoms with Gasteiger partial charge in [0.25, 0.3) is 5.56 Å². The molecule has 2 N–H and O–H groups in total. The molecule has 1 heterocycles. The summed E-state index contributed by atoms with van der Waals surface area (Å²) in [5.41, 5.74) is 0.539. The highest BCUT2D eigenvalue weighted by molar-refractivity contribution is 9.10. The third-order valence-corrected chi connectivity index (χ3v) is 5.48. The molecule has 1 aromatic rings. The fraction of sp³-hybridized carbons (Fsp3) is 0.692. The average Bonchev–Trinajstić information content (AvgIpc) is 2.47. The Kier molecular flexibility index (Phi) is 5.92. The van der Waals surface area contributed by atoms with Crippen LogP contribution < -0.4 is 10.9 Å². The minimum absolute atomic E-state index is 0.0931. The first-order valence-electron chi connectivity index (χ1n) is 6.81. The van der Waals surface area contributed by atoms with Gasteiger partial charge in [-0.3, -0.25) is 4.79 Å². The monoisotopic (exact) mass is 361 g/mol. The van der Waals surface area contributed by atoms with Crippen molar-refractivity contribution in [2.24, 2.45) is 0 Å². The van der Waals surface area contributed by atoms with Gasteiger partial charge in [-0.1, -0.05) is 6.42 Å². The van der Waals surface area contributed by atoms with Crippen LogP contribution in [0.15, 0.2) is 15.5 Å². The van der Waals surface area contributed by atoms with Crippen LogP contribution in [0.25, 0.3) is 0 Å². The van der Waals surface area contributed by atoms with E-state index in [0.29, 0.717) is 15.8 Å². The predicted octanol–water partition coefficient (Wildman–Crippen LogP) is 2.08. The Hall–Kier alpha value is -0.530. The van der Waals surface area contributed by atoms with Crippen LogP contribution in [0.3, 0.4) is 0 Å². The van der Waals surface area contributed by atoms with Crippen molar-refractivity contribution in [1.82, 2.24) is 9.78 Å². The Labute approximate surface area is 131 Å². The summed E-state index contributed by atoms with van der Waals surface area (Å²) in [6, 6.07) is 0.396. The molecule has 0 aliphatic heterocycles. The minimum atomic E-state index is -0.207. The summed E-state index contributed by atoms with van der Waals surface area (Å²) in [6.07, 6.45) is 8.55. The van der Waals surface area contributed by atoms with E-state index in [-0.39, 0.29) is 18.7 Å². The summed E-state index contributed by atoms with van der Waals surface area (Å²) >= 11 is 5.25. The second-order valence-corrected chi connectivity index (χ2v) is 6.92. The third kappa shape index (κ3) is 3.77. The maximum atomic E-state index is 12.0. The van der Waals surface area contributed by atoms with E-state index >= 15 is 0 Å². The van der Waals surface area contributed by atoms with Crippen LogP contribution in [0.1, 0.15) is 25.7 Å². The van der Waals surface area contributed by atoms with Crippen LogP contribution in [0, 0.1) is 0 Å². The van der Waals surface area contributed by atoms with Gasteiger partial charge in [-0.15, -0.1) is 0 Å². The number of hydrogen-bond donors (Lipinski definition) is 2. The van der Waals surface area contributed by atoms with Crippen molar-refractivity contribution in [1.29, 1.82) is 0 Å². The topological polar surface area (TPSA) is 67.2 Å². The third-order valence-electron chi connectivity index (χ3n) is 3.62. The molecule has 0 amide bonds. The molecule has 112 valence electrons. The largest absolute Gasteiger partial charge is 0.394 e. The minimum Gasteiger partial charge on any atom is -0.394 e. The van der Waals surface area contributed by atoms with Crippen LogP contribution in [-0.4, -0.2) is 39.0 Å². The molecule has 1 aliphatic carbocycles. The Morgan fingerprint density at radius 1 is 1.60 bits per heavy atom. The molecule has 1 saturated carbocycles. The fourth-order valence-electron chi connectivity index (χ4n) is 2.53. The van der Waals surface area contributed by atoms with E-state index in [2.05, 4.69) is 32.6 Å². The predicted molar refractivity (Wildman–Crippen MR) is 86.5 cm³/mol. The molecule has 1 aliphatic rings. The lowest BCUT2D eigenvalue weighted by atomic mass is 9.95. The Balaban J connectivity index is 2.10. The molecule has 2 atom stereocenters. The van der Waals surface area contributed by atoms with Crippen LogP contribution in [-0.2, 0) is 6.54 Å². The molecule has 0 bridgehead atoms. The number of hydrogen-bond acceptors (Lipinski definition) is 5. The highest BCUT2D eigenvalue weighted by Gasteiger charge is 2.22. The van der Waals surface area contributed by atoms with E-state index in [9.17, 15) is 4.79 Å². The Morgan fingerprint density at radius 3 is 3.10 bits per heavy atom. The zero-order chi connectivity index (χ0) is 14.5. The standard InChI is InChI=1S/C13H20BrN3O2S/c1-20-10-4-2-3-9(7-10)16-11-8-15-17(5-6-18)13(19)12(11)14/h8-10,16,18H,2-7H2,1H3.